The molecule has 2 rings (SSSR count). The molecule has 2 aromatic rings. The van der Waals surface area contributed by atoms with E-state index in [0.717, 1.165) is 12.1 Å². The zero-order valence-electron chi connectivity index (χ0n) is 11.4. The number of carbonyl (C=O) groups is 1. The maximum absolute atomic E-state index is 12.4. The van der Waals surface area contributed by atoms with Gasteiger partial charge in [0.25, 0.3) is 0 Å². The first-order valence-electron chi connectivity index (χ1n) is 6.14. The summed E-state index contributed by atoms with van der Waals surface area (Å²) in [5.41, 5.74) is 0.183. The van der Waals surface area contributed by atoms with Crippen LogP contribution in [-0.4, -0.2) is 18.2 Å². The van der Waals surface area contributed by atoms with Gasteiger partial charge in [0.15, 0.2) is 0 Å². The van der Waals surface area contributed by atoms with Crippen LogP contribution in [0.2, 0.25) is 0 Å². The van der Waals surface area contributed by atoms with Crippen molar-refractivity contribution in [1.29, 1.82) is 0 Å². The molecule has 22 heavy (non-hydrogen) atoms. The zero-order valence-corrected chi connectivity index (χ0v) is 11.4. The second-order valence-electron chi connectivity index (χ2n) is 4.25. The number of aromatic nitrogens is 1. The van der Waals surface area contributed by atoms with Gasteiger partial charge in [-0.25, -0.2) is 9.78 Å². The largest absolute Gasteiger partial charge is 0.453 e. The number of amides is 1. The van der Waals surface area contributed by atoms with Crippen LogP contribution < -0.4 is 10.6 Å². The number of alkyl halides is 3. The molecule has 8 heteroatoms. The molecule has 0 aliphatic rings. The van der Waals surface area contributed by atoms with Crippen molar-refractivity contribution >= 4 is 23.3 Å². The number of pyridine rings is 1. The molecule has 1 aromatic carbocycles. The minimum atomic E-state index is -4.36. The summed E-state index contributed by atoms with van der Waals surface area (Å²) >= 11 is 0. The van der Waals surface area contributed by atoms with Crippen molar-refractivity contribution in [3.8, 4) is 0 Å². The Bertz CT molecular complexity index is 640. The third kappa shape index (κ3) is 4.11. The Morgan fingerprint density at radius 3 is 2.23 bits per heavy atom. The normalized spacial score (nSPS) is 10.9. The summed E-state index contributed by atoms with van der Waals surface area (Å²) in [6.45, 7) is 0. The molecule has 0 bridgehead atoms. The van der Waals surface area contributed by atoms with Crippen LogP contribution in [0.1, 0.15) is 5.56 Å². The monoisotopic (exact) mass is 311 g/mol. The van der Waals surface area contributed by atoms with Crippen LogP contribution in [0.15, 0.2) is 42.6 Å². The SMILES string of the molecule is COC(=O)Nc1ccc(Nc2ccc(C(F)(F)F)cc2)nc1. The Kier molecular flexibility index (Phi) is 4.50. The molecule has 0 saturated carbocycles. The Balaban J connectivity index is 2.03. The van der Waals surface area contributed by atoms with Gasteiger partial charge in [-0.3, -0.25) is 5.32 Å². The predicted octanol–water partition coefficient (Wildman–Crippen LogP) is 4.02. The molecule has 0 aliphatic carbocycles. The van der Waals surface area contributed by atoms with Crippen LogP contribution >= 0.6 is 0 Å². The van der Waals surface area contributed by atoms with E-state index in [4.69, 9.17) is 0 Å². The number of nitrogens with one attached hydrogen (secondary N) is 2. The van der Waals surface area contributed by atoms with E-state index in [9.17, 15) is 18.0 Å². The minimum Gasteiger partial charge on any atom is -0.453 e. The van der Waals surface area contributed by atoms with Gasteiger partial charge in [0.2, 0.25) is 0 Å². The number of anilines is 3. The lowest BCUT2D eigenvalue weighted by Gasteiger charge is -2.09. The number of methoxy groups -OCH3 is 1. The first-order chi connectivity index (χ1) is 10.4. The minimum absolute atomic E-state index is 0.426. The van der Waals surface area contributed by atoms with Crippen LogP contribution in [-0.2, 0) is 10.9 Å². The van der Waals surface area contributed by atoms with Crippen molar-refractivity contribution in [2.75, 3.05) is 17.7 Å². The summed E-state index contributed by atoms with van der Waals surface area (Å²) in [5.74, 6) is 0.426. The Morgan fingerprint density at radius 1 is 1.09 bits per heavy atom. The highest BCUT2D eigenvalue weighted by Gasteiger charge is 2.29. The highest BCUT2D eigenvalue weighted by Crippen LogP contribution is 2.30. The van der Waals surface area contributed by atoms with E-state index in [1.165, 1.54) is 25.4 Å². The molecular weight excluding hydrogens is 299 g/mol. The number of hydrogen-bond acceptors (Lipinski definition) is 4. The summed E-state index contributed by atoms with van der Waals surface area (Å²) in [4.78, 5) is 15.0. The van der Waals surface area contributed by atoms with Gasteiger partial charge < -0.3 is 10.1 Å². The Hall–Kier alpha value is -2.77. The number of nitrogens with zero attached hydrogens (tertiary/aromatic N) is 1. The van der Waals surface area contributed by atoms with Gasteiger partial charge >= 0.3 is 12.3 Å². The fraction of sp³-hybridized carbons (Fsp3) is 0.143. The lowest BCUT2D eigenvalue weighted by Crippen LogP contribution is -2.11. The van der Waals surface area contributed by atoms with E-state index in [2.05, 4.69) is 20.4 Å². The third-order valence-corrected chi connectivity index (χ3v) is 2.68. The van der Waals surface area contributed by atoms with Gasteiger partial charge in [-0.1, -0.05) is 0 Å². The number of hydrogen-bond donors (Lipinski definition) is 2. The van der Waals surface area contributed by atoms with Gasteiger partial charge in [0, 0.05) is 5.69 Å². The highest BCUT2D eigenvalue weighted by atomic mass is 19.4. The molecule has 5 nitrogen and oxygen atoms in total. The van der Waals surface area contributed by atoms with Crippen molar-refractivity contribution in [2.45, 2.75) is 6.18 Å². The quantitative estimate of drug-likeness (QED) is 0.898. The predicted molar refractivity (Wildman–Crippen MR) is 75.0 cm³/mol. The second-order valence-corrected chi connectivity index (χ2v) is 4.25. The average molecular weight is 311 g/mol. The molecule has 0 aliphatic heterocycles. The zero-order chi connectivity index (χ0) is 16.2. The standard InChI is InChI=1S/C14H12F3N3O2/c1-22-13(21)20-11-6-7-12(18-8-11)19-10-4-2-9(3-5-10)14(15,16)17/h2-8H,1H3,(H,18,19)(H,20,21). The second kappa shape index (κ2) is 6.33. The molecule has 116 valence electrons. The number of benzene rings is 1. The summed E-state index contributed by atoms with van der Waals surface area (Å²) in [6, 6.07) is 7.74. The van der Waals surface area contributed by atoms with E-state index in [0.29, 0.717) is 17.2 Å². The molecule has 2 N–H and O–H groups in total. The maximum atomic E-state index is 12.4. The molecular formula is C14H12F3N3O2. The van der Waals surface area contributed by atoms with Crippen molar-refractivity contribution in [1.82, 2.24) is 4.98 Å². The number of carbonyl (C=O) groups excluding carboxylic acids is 1. The van der Waals surface area contributed by atoms with E-state index in [-0.39, 0.29) is 0 Å². The molecule has 0 saturated heterocycles. The van der Waals surface area contributed by atoms with Crippen molar-refractivity contribution in [2.24, 2.45) is 0 Å². The highest BCUT2D eigenvalue weighted by molar-refractivity contribution is 5.84. The summed E-state index contributed by atoms with van der Waals surface area (Å²) < 4.78 is 41.8. The number of halogens is 3. The topological polar surface area (TPSA) is 63.2 Å². The Labute approximate surface area is 124 Å². The van der Waals surface area contributed by atoms with Crippen LogP contribution in [0.25, 0.3) is 0 Å². The van der Waals surface area contributed by atoms with Gasteiger partial charge in [0.05, 0.1) is 24.6 Å². The lowest BCUT2D eigenvalue weighted by atomic mass is 10.2. The van der Waals surface area contributed by atoms with E-state index < -0.39 is 17.8 Å². The summed E-state index contributed by atoms with van der Waals surface area (Å²) in [7, 11) is 1.24. The van der Waals surface area contributed by atoms with Crippen LogP contribution in [0.4, 0.5) is 35.2 Å². The summed E-state index contributed by atoms with van der Waals surface area (Å²) in [6.07, 6.45) is -3.59. The average Bonchev–Trinajstić information content (AvgIpc) is 2.49. The molecule has 0 atom stereocenters. The fourth-order valence-electron chi connectivity index (χ4n) is 1.60. The molecule has 0 unspecified atom stereocenters. The van der Waals surface area contributed by atoms with Gasteiger partial charge in [-0.15, -0.1) is 0 Å². The van der Waals surface area contributed by atoms with Crippen LogP contribution in [0, 0.1) is 0 Å². The third-order valence-electron chi connectivity index (χ3n) is 2.68. The van der Waals surface area contributed by atoms with Gasteiger partial charge in [-0.2, -0.15) is 13.2 Å². The van der Waals surface area contributed by atoms with Crippen LogP contribution in [0.5, 0.6) is 0 Å². The molecule has 1 amide bonds. The molecule has 1 aromatic heterocycles. The van der Waals surface area contributed by atoms with Crippen molar-refractivity contribution in [3.63, 3.8) is 0 Å². The van der Waals surface area contributed by atoms with Crippen molar-refractivity contribution < 1.29 is 22.7 Å². The molecule has 1 heterocycles. The first kappa shape index (κ1) is 15.6. The maximum Gasteiger partial charge on any atom is 0.416 e. The van der Waals surface area contributed by atoms with E-state index >= 15 is 0 Å². The van der Waals surface area contributed by atoms with Gasteiger partial charge in [0.1, 0.15) is 5.82 Å². The number of ether oxygens (including phenoxy) is 1. The Morgan fingerprint density at radius 2 is 1.73 bits per heavy atom. The van der Waals surface area contributed by atoms with Crippen molar-refractivity contribution in [3.05, 3.63) is 48.2 Å². The van der Waals surface area contributed by atoms with E-state index in [1.54, 1.807) is 12.1 Å². The summed E-state index contributed by atoms with van der Waals surface area (Å²) in [5, 5.41) is 5.28. The van der Waals surface area contributed by atoms with Gasteiger partial charge in [-0.05, 0) is 36.4 Å². The van der Waals surface area contributed by atoms with Crippen LogP contribution in [0.3, 0.4) is 0 Å². The first-order valence-corrected chi connectivity index (χ1v) is 6.14. The lowest BCUT2D eigenvalue weighted by molar-refractivity contribution is -0.137. The molecule has 0 spiro atoms. The van der Waals surface area contributed by atoms with E-state index in [1.807, 2.05) is 0 Å². The number of rotatable bonds is 3. The molecule has 0 radical (unpaired) electrons. The fourth-order valence-corrected chi connectivity index (χ4v) is 1.60. The molecule has 0 fully saturated rings. The smallest absolute Gasteiger partial charge is 0.416 e.